The fourth-order valence-electron chi connectivity index (χ4n) is 1.79. The van der Waals surface area contributed by atoms with Crippen molar-refractivity contribution in [2.24, 2.45) is 5.92 Å². The summed E-state index contributed by atoms with van der Waals surface area (Å²) in [4.78, 5) is 36.7. The van der Waals surface area contributed by atoms with Gasteiger partial charge >= 0.3 is 5.97 Å². The summed E-state index contributed by atoms with van der Waals surface area (Å²) in [7, 11) is 0. The first-order chi connectivity index (χ1) is 9.15. The number of thiol groups is 1. The van der Waals surface area contributed by atoms with Crippen molar-refractivity contribution in [3.63, 3.8) is 0 Å². The van der Waals surface area contributed by atoms with Gasteiger partial charge in [-0.15, -0.1) is 12.6 Å². The summed E-state index contributed by atoms with van der Waals surface area (Å²) in [6.07, 6.45) is 0. The van der Waals surface area contributed by atoms with Crippen LogP contribution in [0.25, 0.3) is 0 Å². The van der Waals surface area contributed by atoms with E-state index >= 15 is 0 Å². The molecule has 1 saturated heterocycles. The Balaban J connectivity index is 2.24. The molecule has 1 aromatic rings. The third-order valence-corrected chi connectivity index (χ3v) is 2.83. The standard InChI is InChI=1S/C12H12N2O4S/c15-10-9(12(17)18-7-19)11(16)14(6-13-10)8-4-2-1-3-5-8/h1-5,9,19H,6-7H2,(H,13,15). The number of benzene rings is 1. The van der Waals surface area contributed by atoms with E-state index in [-0.39, 0.29) is 12.6 Å². The highest BCUT2D eigenvalue weighted by molar-refractivity contribution is 7.80. The molecule has 0 aromatic heterocycles. The molecule has 6 nitrogen and oxygen atoms in total. The molecule has 100 valence electrons. The number of amides is 2. The zero-order valence-electron chi connectivity index (χ0n) is 9.91. The van der Waals surface area contributed by atoms with Crippen LogP contribution in [0, 0.1) is 5.92 Å². The minimum atomic E-state index is -1.47. The van der Waals surface area contributed by atoms with E-state index in [0.717, 1.165) is 0 Å². The van der Waals surface area contributed by atoms with Crippen LogP contribution in [0.1, 0.15) is 0 Å². The first-order valence-electron chi connectivity index (χ1n) is 5.57. The molecule has 1 unspecified atom stereocenters. The Morgan fingerprint density at radius 3 is 2.68 bits per heavy atom. The van der Waals surface area contributed by atoms with Crippen LogP contribution < -0.4 is 10.2 Å². The quantitative estimate of drug-likeness (QED) is 0.358. The number of anilines is 1. The second-order valence-corrected chi connectivity index (χ2v) is 4.08. The van der Waals surface area contributed by atoms with E-state index in [1.165, 1.54) is 4.90 Å². The predicted molar refractivity (Wildman–Crippen MR) is 70.4 cm³/mol. The number of carbonyl (C=O) groups is 3. The molecular weight excluding hydrogens is 268 g/mol. The number of rotatable bonds is 3. The summed E-state index contributed by atoms with van der Waals surface area (Å²) in [5.41, 5.74) is 0.608. The van der Waals surface area contributed by atoms with Gasteiger partial charge in [-0.05, 0) is 12.1 Å². The number of ether oxygens (including phenoxy) is 1. The van der Waals surface area contributed by atoms with Gasteiger partial charge in [0, 0.05) is 5.69 Å². The van der Waals surface area contributed by atoms with Crippen molar-refractivity contribution < 1.29 is 19.1 Å². The van der Waals surface area contributed by atoms with Gasteiger partial charge in [-0.1, -0.05) is 18.2 Å². The number of hydrogen-bond donors (Lipinski definition) is 2. The van der Waals surface area contributed by atoms with Gasteiger partial charge in [-0.25, -0.2) is 0 Å². The van der Waals surface area contributed by atoms with Gasteiger partial charge in [-0.3, -0.25) is 19.3 Å². The fourth-order valence-corrected chi connectivity index (χ4v) is 1.91. The number of nitrogens with one attached hydrogen (secondary N) is 1. The van der Waals surface area contributed by atoms with Gasteiger partial charge in [0.25, 0.3) is 5.91 Å². The van der Waals surface area contributed by atoms with Gasteiger partial charge < -0.3 is 10.1 Å². The number of hydrogen-bond acceptors (Lipinski definition) is 5. The van der Waals surface area contributed by atoms with Crippen molar-refractivity contribution in [1.82, 2.24) is 5.32 Å². The Bertz CT molecular complexity index is 506. The summed E-state index contributed by atoms with van der Waals surface area (Å²) < 4.78 is 4.62. The van der Waals surface area contributed by atoms with Crippen LogP contribution in [0.15, 0.2) is 30.3 Å². The summed E-state index contributed by atoms with van der Waals surface area (Å²) in [5, 5.41) is 2.49. The third-order valence-electron chi connectivity index (χ3n) is 2.70. The minimum Gasteiger partial charge on any atom is -0.454 e. The molecule has 2 amide bonds. The zero-order chi connectivity index (χ0) is 13.8. The van der Waals surface area contributed by atoms with E-state index in [1.807, 2.05) is 6.07 Å². The van der Waals surface area contributed by atoms with Crippen LogP contribution in [0.5, 0.6) is 0 Å². The summed E-state index contributed by atoms with van der Waals surface area (Å²) in [5.74, 6) is -3.79. The lowest BCUT2D eigenvalue weighted by molar-refractivity contribution is -0.155. The van der Waals surface area contributed by atoms with Crippen molar-refractivity contribution >= 4 is 36.1 Å². The van der Waals surface area contributed by atoms with Crippen molar-refractivity contribution in [3.8, 4) is 0 Å². The van der Waals surface area contributed by atoms with Gasteiger partial charge in [0.15, 0.2) is 0 Å². The van der Waals surface area contributed by atoms with Crippen molar-refractivity contribution in [1.29, 1.82) is 0 Å². The Kier molecular flexibility index (Phi) is 4.06. The molecule has 1 fully saturated rings. The maximum atomic E-state index is 12.2. The van der Waals surface area contributed by atoms with Gasteiger partial charge in [-0.2, -0.15) is 0 Å². The van der Waals surface area contributed by atoms with E-state index in [9.17, 15) is 14.4 Å². The maximum Gasteiger partial charge on any atom is 0.329 e. The average molecular weight is 280 g/mol. The number of carbonyl (C=O) groups excluding carboxylic acids is 3. The molecular formula is C12H12N2O4S. The van der Waals surface area contributed by atoms with Crippen molar-refractivity contribution in [3.05, 3.63) is 30.3 Å². The van der Waals surface area contributed by atoms with Crippen LogP contribution in [0.3, 0.4) is 0 Å². The molecule has 1 aliphatic heterocycles. The molecule has 2 rings (SSSR count). The average Bonchev–Trinajstić information content (AvgIpc) is 2.40. The summed E-state index contributed by atoms with van der Waals surface area (Å²) in [6, 6.07) is 8.77. The Hall–Kier alpha value is -2.02. The predicted octanol–water partition coefficient (Wildman–Crippen LogP) is 0.154. The van der Waals surface area contributed by atoms with Crippen molar-refractivity contribution in [2.75, 3.05) is 17.5 Å². The second-order valence-electron chi connectivity index (χ2n) is 3.83. The smallest absolute Gasteiger partial charge is 0.329 e. The molecule has 1 aliphatic rings. The van der Waals surface area contributed by atoms with Crippen LogP contribution in [-0.4, -0.2) is 30.4 Å². The van der Waals surface area contributed by atoms with Crippen molar-refractivity contribution in [2.45, 2.75) is 0 Å². The Morgan fingerprint density at radius 2 is 2.05 bits per heavy atom. The third kappa shape index (κ3) is 2.70. The highest BCUT2D eigenvalue weighted by Gasteiger charge is 2.42. The Morgan fingerprint density at radius 1 is 1.37 bits per heavy atom. The minimum absolute atomic E-state index is 0.0341. The van der Waals surface area contributed by atoms with E-state index < -0.39 is 23.7 Å². The molecule has 7 heteroatoms. The normalized spacial score (nSPS) is 19.0. The number of para-hydroxylation sites is 1. The molecule has 1 atom stereocenters. The number of esters is 1. The lowest BCUT2D eigenvalue weighted by Crippen LogP contribution is -2.57. The zero-order valence-corrected chi connectivity index (χ0v) is 10.8. The topological polar surface area (TPSA) is 75.7 Å². The highest BCUT2D eigenvalue weighted by Crippen LogP contribution is 2.19. The molecule has 1 N–H and O–H groups in total. The van der Waals surface area contributed by atoms with Gasteiger partial charge in [0.2, 0.25) is 11.8 Å². The van der Waals surface area contributed by atoms with E-state index in [1.54, 1.807) is 24.3 Å². The maximum absolute atomic E-state index is 12.2. The Labute approximate surface area is 115 Å². The largest absolute Gasteiger partial charge is 0.454 e. The van der Waals surface area contributed by atoms with E-state index in [4.69, 9.17) is 0 Å². The van der Waals surface area contributed by atoms with Crippen LogP contribution in [0.2, 0.25) is 0 Å². The molecule has 0 saturated carbocycles. The first kappa shape index (κ1) is 13.4. The molecule has 0 spiro atoms. The summed E-state index contributed by atoms with van der Waals surface area (Å²) in [6.45, 7) is 0.0341. The van der Waals surface area contributed by atoms with Crippen LogP contribution >= 0.6 is 12.6 Å². The molecule has 0 aliphatic carbocycles. The first-order valence-corrected chi connectivity index (χ1v) is 6.20. The SMILES string of the molecule is O=C1NCN(c2ccccc2)C(=O)C1C(=O)OCS. The molecule has 1 aromatic carbocycles. The fraction of sp³-hybridized carbons (Fsp3) is 0.250. The van der Waals surface area contributed by atoms with E-state index in [0.29, 0.717) is 5.69 Å². The van der Waals surface area contributed by atoms with Gasteiger partial charge in [0.1, 0.15) is 5.94 Å². The monoisotopic (exact) mass is 280 g/mol. The molecule has 1 heterocycles. The molecule has 19 heavy (non-hydrogen) atoms. The second kappa shape index (κ2) is 5.75. The number of nitrogens with zero attached hydrogens (tertiary/aromatic N) is 1. The van der Waals surface area contributed by atoms with Crippen LogP contribution in [0.4, 0.5) is 5.69 Å². The lowest BCUT2D eigenvalue weighted by atomic mass is 10.1. The summed E-state index contributed by atoms with van der Waals surface area (Å²) >= 11 is 3.73. The lowest BCUT2D eigenvalue weighted by Gasteiger charge is -2.31. The molecule has 0 radical (unpaired) electrons. The molecule has 0 bridgehead atoms. The van der Waals surface area contributed by atoms with E-state index in [2.05, 4.69) is 22.7 Å². The van der Waals surface area contributed by atoms with Gasteiger partial charge in [0.05, 0.1) is 6.67 Å². The van der Waals surface area contributed by atoms with Crippen LogP contribution in [-0.2, 0) is 19.1 Å². The highest BCUT2D eigenvalue weighted by atomic mass is 32.1.